The lowest BCUT2D eigenvalue weighted by Crippen LogP contribution is -2.40. The minimum atomic E-state index is -0.669. The average Bonchev–Trinajstić information content (AvgIpc) is 3.90. The Labute approximate surface area is 323 Å². The topological polar surface area (TPSA) is 104 Å². The van der Waals surface area contributed by atoms with Crippen LogP contribution in [-0.4, -0.2) is 93.6 Å². The van der Waals surface area contributed by atoms with Crippen LogP contribution in [0, 0.1) is 12.3 Å². The van der Waals surface area contributed by atoms with Crippen LogP contribution in [0.3, 0.4) is 0 Å². The first-order valence-corrected chi connectivity index (χ1v) is 18.2. The number of amides is 2. The van der Waals surface area contributed by atoms with Crippen molar-refractivity contribution in [2.45, 2.75) is 31.1 Å². The van der Waals surface area contributed by atoms with Crippen LogP contribution in [0.15, 0.2) is 122 Å². The van der Waals surface area contributed by atoms with E-state index in [1.54, 1.807) is 23.0 Å². The van der Waals surface area contributed by atoms with Crippen LogP contribution in [0.5, 0.6) is 0 Å². The summed E-state index contributed by atoms with van der Waals surface area (Å²) in [6.07, 6.45) is 9.54. The summed E-state index contributed by atoms with van der Waals surface area (Å²) in [5.74, 6) is 3.88. The number of nitrogens with zero attached hydrogens (tertiary/aromatic N) is 6. The number of hydrogen-bond donors (Lipinski definition) is 2. The average molecular weight is 733 g/mol. The zero-order valence-corrected chi connectivity index (χ0v) is 32.4. The third-order valence-corrected chi connectivity index (χ3v) is 10.1. The SMILES string of the molecule is C#C[C@@H](c1ncc(-c2ccc(-c3ccc(-c4cnc([C@H](C)N(C)C(=O)C(c5ccccc5)N(C)C)[nH]4)cc3)cc2)[nH]1)N(C)C(=O)[C@@H](c1ccccc1)N(C)C. The van der Waals surface area contributed by atoms with Crippen LogP contribution in [0.4, 0.5) is 0 Å². The lowest BCUT2D eigenvalue weighted by molar-refractivity contribution is -0.137. The molecule has 2 aromatic heterocycles. The molecule has 4 atom stereocenters. The Hall–Kier alpha value is -6.28. The van der Waals surface area contributed by atoms with Gasteiger partial charge in [-0.25, -0.2) is 9.97 Å². The number of carbonyl (C=O) groups excluding carboxylic acids is 2. The number of rotatable bonds is 13. The first-order chi connectivity index (χ1) is 26.5. The zero-order valence-electron chi connectivity index (χ0n) is 32.4. The molecule has 2 N–H and O–H groups in total. The molecule has 0 fully saturated rings. The molecule has 2 heterocycles. The zero-order chi connectivity index (χ0) is 39.2. The van der Waals surface area contributed by atoms with Gasteiger partial charge in [-0.3, -0.25) is 19.4 Å². The van der Waals surface area contributed by atoms with E-state index < -0.39 is 18.1 Å². The van der Waals surface area contributed by atoms with Crippen molar-refractivity contribution >= 4 is 11.8 Å². The molecular weight excluding hydrogens is 685 g/mol. The number of H-pyrrole nitrogens is 2. The van der Waals surface area contributed by atoms with Gasteiger partial charge in [-0.05, 0) is 68.5 Å². The normalized spacial score (nSPS) is 13.5. The van der Waals surface area contributed by atoms with Gasteiger partial charge in [-0.15, -0.1) is 6.42 Å². The van der Waals surface area contributed by atoms with Crippen molar-refractivity contribution in [2.75, 3.05) is 42.3 Å². The van der Waals surface area contributed by atoms with E-state index in [0.717, 1.165) is 50.6 Å². The van der Waals surface area contributed by atoms with Crippen molar-refractivity contribution < 1.29 is 9.59 Å². The number of terminal acetylenes is 1. The molecule has 55 heavy (non-hydrogen) atoms. The molecule has 6 rings (SSSR count). The number of carbonyl (C=O) groups is 2. The molecule has 2 amide bonds. The molecule has 1 unspecified atom stereocenters. The Balaban J connectivity index is 1.11. The van der Waals surface area contributed by atoms with Crippen molar-refractivity contribution in [1.82, 2.24) is 39.5 Å². The summed E-state index contributed by atoms with van der Waals surface area (Å²) in [5.41, 5.74) is 7.59. The quantitative estimate of drug-likeness (QED) is 0.120. The fraction of sp³-hybridized carbons (Fsp3) is 0.244. The standard InChI is InChI=1S/C45H48N8O2/c1-9-39(53(8)45(55)41(51(5)6)36-18-14-11-15-19-36)43-47-29-38(49-43)34-26-22-32(23-27-34)31-20-24-33(25-21-31)37-28-46-42(48-37)30(2)52(7)44(54)40(50(3)4)35-16-12-10-13-17-35/h1,10-30,39-41H,2-8H3,(H,46,48)(H,47,49)/t30-,39-,40?,41+/m0/s1. The van der Waals surface area contributed by atoms with Crippen molar-refractivity contribution in [3.8, 4) is 46.0 Å². The van der Waals surface area contributed by atoms with Crippen LogP contribution >= 0.6 is 0 Å². The third kappa shape index (κ3) is 8.29. The Bertz CT molecular complexity index is 2240. The fourth-order valence-corrected chi connectivity index (χ4v) is 6.86. The number of aromatic nitrogens is 4. The van der Waals surface area contributed by atoms with E-state index in [4.69, 9.17) is 6.42 Å². The highest BCUT2D eigenvalue weighted by Gasteiger charge is 2.32. The predicted molar refractivity (Wildman–Crippen MR) is 218 cm³/mol. The molecule has 6 aromatic rings. The summed E-state index contributed by atoms with van der Waals surface area (Å²) in [6, 6.07) is 34.2. The van der Waals surface area contributed by atoms with Gasteiger partial charge in [0.1, 0.15) is 23.7 Å². The molecule has 0 bridgehead atoms. The molecule has 280 valence electrons. The lowest BCUT2D eigenvalue weighted by Gasteiger charge is -2.31. The maximum Gasteiger partial charge on any atom is 0.245 e. The maximum atomic E-state index is 13.7. The molecule has 0 aliphatic heterocycles. The first-order valence-electron chi connectivity index (χ1n) is 18.2. The molecule has 0 saturated heterocycles. The third-order valence-electron chi connectivity index (χ3n) is 10.1. The Morgan fingerprint density at radius 3 is 1.36 bits per heavy atom. The van der Waals surface area contributed by atoms with Gasteiger partial charge >= 0.3 is 0 Å². The fourth-order valence-electron chi connectivity index (χ4n) is 6.86. The molecular formula is C45H48N8O2. The van der Waals surface area contributed by atoms with Crippen LogP contribution in [0.25, 0.3) is 33.6 Å². The number of nitrogens with one attached hydrogen (secondary N) is 2. The van der Waals surface area contributed by atoms with Crippen molar-refractivity contribution in [3.05, 3.63) is 144 Å². The second-order valence-electron chi connectivity index (χ2n) is 14.2. The predicted octanol–water partition coefficient (Wildman–Crippen LogP) is 7.39. The van der Waals surface area contributed by atoms with Gasteiger partial charge < -0.3 is 19.8 Å². The minimum Gasteiger partial charge on any atom is -0.340 e. The summed E-state index contributed by atoms with van der Waals surface area (Å²) in [4.78, 5) is 50.5. The number of likely N-dealkylation sites (N-methyl/N-ethyl adjacent to an activating group) is 4. The van der Waals surface area contributed by atoms with E-state index in [1.165, 1.54) is 0 Å². The molecule has 4 aromatic carbocycles. The van der Waals surface area contributed by atoms with Gasteiger partial charge in [-0.2, -0.15) is 0 Å². The van der Waals surface area contributed by atoms with Crippen LogP contribution in [0.2, 0.25) is 0 Å². The van der Waals surface area contributed by atoms with Crippen LogP contribution < -0.4 is 0 Å². The Kier molecular flexibility index (Phi) is 11.7. The van der Waals surface area contributed by atoms with E-state index in [9.17, 15) is 9.59 Å². The molecule has 0 radical (unpaired) electrons. The van der Waals surface area contributed by atoms with E-state index in [0.29, 0.717) is 5.82 Å². The molecule has 10 heteroatoms. The number of imidazole rings is 2. The smallest absolute Gasteiger partial charge is 0.245 e. The summed E-state index contributed by atoms with van der Waals surface area (Å²) < 4.78 is 0. The van der Waals surface area contributed by atoms with Crippen LogP contribution in [0.1, 0.15) is 53.9 Å². The summed E-state index contributed by atoms with van der Waals surface area (Å²) in [7, 11) is 11.1. The Morgan fingerprint density at radius 1 is 0.564 bits per heavy atom. The van der Waals surface area contributed by atoms with Gasteiger partial charge in [0.05, 0.1) is 29.8 Å². The lowest BCUT2D eigenvalue weighted by atomic mass is 10.0. The minimum absolute atomic E-state index is 0.00122. The highest BCUT2D eigenvalue weighted by molar-refractivity contribution is 5.84. The second kappa shape index (κ2) is 16.8. The largest absolute Gasteiger partial charge is 0.340 e. The first kappa shape index (κ1) is 38.4. The maximum absolute atomic E-state index is 13.7. The highest BCUT2D eigenvalue weighted by atomic mass is 16.2. The van der Waals surface area contributed by atoms with E-state index in [1.807, 2.05) is 131 Å². The summed E-state index contributed by atoms with van der Waals surface area (Å²) >= 11 is 0. The monoisotopic (exact) mass is 732 g/mol. The van der Waals surface area contributed by atoms with Gasteiger partial charge in [0, 0.05) is 14.1 Å². The van der Waals surface area contributed by atoms with E-state index >= 15 is 0 Å². The molecule has 10 nitrogen and oxygen atoms in total. The molecule has 0 spiro atoms. The number of hydrogen-bond acceptors (Lipinski definition) is 6. The highest BCUT2D eigenvalue weighted by Crippen LogP contribution is 2.31. The molecule has 0 saturated carbocycles. The molecule has 0 aliphatic carbocycles. The summed E-state index contributed by atoms with van der Waals surface area (Å²) in [6.45, 7) is 1.98. The van der Waals surface area contributed by atoms with Gasteiger partial charge in [0.2, 0.25) is 11.8 Å². The van der Waals surface area contributed by atoms with E-state index in [-0.39, 0.29) is 17.9 Å². The van der Waals surface area contributed by atoms with E-state index in [2.05, 4.69) is 62.3 Å². The Morgan fingerprint density at radius 2 is 0.945 bits per heavy atom. The summed E-state index contributed by atoms with van der Waals surface area (Å²) in [5, 5.41) is 0. The molecule has 0 aliphatic rings. The van der Waals surface area contributed by atoms with Crippen molar-refractivity contribution in [2.24, 2.45) is 0 Å². The second-order valence-corrected chi connectivity index (χ2v) is 14.2. The number of aromatic amines is 2. The van der Waals surface area contributed by atoms with Crippen molar-refractivity contribution in [3.63, 3.8) is 0 Å². The van der Waals surface area contributed by atoms with Gasteiger partial charge in [0.25, 0.3) is 0 Å². The van der Waals surface area contributed by atoms with Crippen LogP contribution in [-0.2, 0) is 9.59 Å². The number of benzene rings is 4. The van der Waals surface area contributed by atoms with Crippen molar-refractivity contribution in [1.29, 1.82) is 0 Å². The van der Waals surface area contributed by atoms with Gasteiger partial charge in [0.15, 0.2) is 6.04 Å². The van der Waals surface area contributed by atoms with Gasteiger partial charge in [-0.1, -0.05) is 115 Å².